The molecule has 1 aromatic carbocycles. The van der Waals surface area contributed by atoms with Crippen molar-refractivity contribution in [2.75, 3.05) is 5.73 Å². The van der Waals surface area contributed by atoms with Gasteiger partial charge in [-0.25, -0.2) is 0 Å². The van der Waals surface area contributed by atoms with Crippen LogP contribution >= 0.6 is 0 Å². The monoisotopic (exact) mass is 217 g/mol. The van der Waals surface area contributed by atoms with Gasteiger partial charge in [0.25, 0.3) is 0 Å². The third kappa shape index (κ3) is 2.55. The maximum Gasteiger partial charge on any atom is 0.573 e. The second kappa shape index (κ2) is 3.32. The Morgan fingerprint density at radius 3 is 2.47 bits per heavy atom. The molecule has 1 saturated carbocycles. The van der Waals surface area contributed by atoms with Gasteiger partial charge in [0.1, 0.15) is 5.75 Å². The fraction of sp³-hybridized carbons (Fsp3) is 0.400. The minimum absolute atomic E-state index is 0.162. The Balaban J connectivity index is 2.30. The summed E-state index contributed by atoms with van der Waals surface area (Å²) in [5, 5.41) is 0. The SMILES string of the molecule is Nc1ccc(C2CC2)c(OC(F)(F)F)c1. The van der Waals surface area contributed by atoms with E-state index in [0.29, 0.717) is 5.56 Å². The molecule has 0 bridgehead atoms. The van der Waals surface area contributed by atoms with Crippen molar-refractivity contribution in [2.24, 2.45) is 0 Å². The van der Waals surface area contributed by atoms with Gasteiger partial charge in [0, 0.05) is 11.8 Å². The lowest BCUT2D eigenvalue weighted by Gasteiger charge is -2.13. The van der Waals surface area contributed by atoms with Gasteiger partial charge in [-0.2, -0.15) is 0 Å². The molecule has 0 heterocycles. The molecule has 0 unspecified atom stereocenters. The van der Waals surface area contributed by atoms with E-state index in [9.17, 15) is 13.2 Å². The van der Waals surface area contributed by atoms with Crippen LogP contribution < -0.4 is 10.5 Å². The van der Waals surface area contributed by atoms with E-state index in [-0.39, 0.29) is 17.4 Å². The van der Waals surface area contributed by atoms with Crippen LogP contribution in [0.1, 0.15) is 24.3 Å². The summed E-state index contributed by atoms with van der Waals surface area (Å²) < 4.78 is 40.2. The molecule has 2 rings (SSSR count). The third-order valence-corrected chi connectivity index (χ3v) is 2.28. The third-order valence-electron chi connectivity index (χ3n) is 2.28. The van der Waals surface area contributed by atoms with Crippen molar-refractivity contribution >= 4 is 5.69 Å². The number of nitrogens with two attached hydrogens (primary N) is 1. The van der Waals surface area contributed by atoms with Crippen LogP contribution in [-0.2, 0) is 0 Å². The first kappa shape index (κ1) is 10.1. The number of benzene rings is 1. The van der Waals surface area contributed by atoms with Crippen LogP contribution in [0.5, 0.6) is 5.75 Å². The molecule has 1 fully saturated rings. The Kier molecular flexibility index (Phi) is 2.25. The number of halogens is 3. The molecule has 0 saturated heterocycles. The molecule has 15 heavy (non-hydrogen) atoms. The number of rotatable bonds is 2. The summed E-state index contributed by atoms with van der Waals surface area (Å²) in [5.41, 5.74) is 6.29. The van der Waals surface area contributed by atoms with Gasteiger partial charge in [-0.3, -0.25) is 0 Å². The molecule has 0 aliphatic heterocycles. The fourth-order valence-electron chi connectivity index (χ4n) is 1.50. The number of anilines is 1. The van der Waals surface area contributed by atoms with E-state index >= 15 is 0 Å². The van der Waals surface area contributed by atoms with Crippen LogP contribution in [0.2, 0.25) is 0 Å². The van der Waals surface area contributed by atoms with Crippen molar-refractivity contribution < 1.29 is 17.9 Å². The molecule has 0 spiro atoms. The Labute approximate surface area is 84.8 Å². The zero-order chi connectivity index (χ0) is 11.1. The van der Waals surface area contributed by atoms with Gasteiger partial charge in [-0.15, -0.1) is 13.2 Å². The summed E-state index contributed by atoms with van der Waals surface area (Å²) in [6.07, 6.45) is -2.83. The summed E-state index contributed by atoms with van der Waals surface area (Å²) >= 11 is 0. The number of hydrogen-bond acceptors (Lipinski definition) is 2. The number of ether oxygens (including phenoxy) is 1. The van der Waals surface area contributed by atoms with Gasteiger partial charge in [0.2, 0.25) is 0 Å². The molecule has 2 nitrogen and oxygen atoms in total. The van der Waals surface area contributed by atoms with Gasteiger partial charge < -0.3 is 10.5 Å². The first-order chi connectivity index (χ1) is 6.96. The van der Waals surface area contributed by atoms with Crippen molar-refractivity contribution in [2.45, 2.75) is 25.1 Å². The molecular formula is C10H10F3NO. The van der Waals surface area contributed by atoms with Crippen LogP contribution in [0.4, 0.5) is 18.9 Å². The molecule has 0 atom stereocenters. The van der Waals surface area contributed by atoms with Gasteiger partial charge in [-0.1, -0.05) is 6.07 Å². The van der Waals surface area contributed by atoms with E-state index in [1.807, 2.05) is 0 Å². The summed E-state index contributed by atoms with van der Waals surface area (Å²) in [7, 11) is 0. The topological polar surface area (TPSA) is 35.2 Å². The molecule has 1 aliphatic rings. The predicted octanol–water partition coefficient (Wildman–Crippen LogP) is 3.04. The van der Waals surface area contributed by atoms with Gasteiger partial charge in [-0.05, 0) is 30.4 Å². The van der Waals surface area contributed by atoms with Crippen LogP contribution in [0.15, 0.2) is 18.2 Å². The maximum atomic E-state index is 12.1. The fourth-order valence-corrected chi connectivity index (χ4v) is 1.50. The van der Waals surface area contributed by atoms with Gasteiger partial charge >= 0.3 is 6.36 Å². The molecule has 0 amide bonds. The van der Waals surface area contributed by atoms with E-state index in [1.165, 1.54) is 6.07 Å². The lowest BCUT2D eigenvalue weighted by molar-refractivity contribution is -0.274. The lowest BCUT2D eigenvalue weighted by atomic mass is 10.1. The second-order valence-corrected chi connectivity index (χ2v) is 3.62. The second-order valence-electron chi connectivity index (χ2n) is 3.62. The molecule has 1 aromatic rings. The summed E-state index contributed by atoms with van der Waals surface area (Å²) in [6.45, 7) is 0. The van der Waals surface area contributed by atoms with Crippen LogP contribution in [0, 0.1) is 0 Å². The molecule has 2 N–H and O–H groups in total. The van der Waals surface area contributed by atoms with E-state index < -0.39 is 6.36 Å². The summed E-state index contributed by atoms with van der Waals surface area (Å²) in [4.78, 5) is 0. The number of hydrogen-bond donors (Lipinski definition) is 1. The summed E-state index contributed by atoms with van der Waals surface area (Å²) in [5.74, 6) is 0.0351. The van der Waals surface area contributed by atoms with Crippen molar-refractivity contribution in [3.05, 3.63) is 23.8 Å². The number of nitrogen functional groups attached to an aromatic ring is 1. The highest BCUT2D eigenvalue weighted by molar-refractivity contribution is 5.50. The molecule has 0 radical (unpaired) electrons. The average Bonchev–Trinajstić information content (AvgIpc) is 2.84. The van der Waals surface area contributed by atoms with Gasteiger partial charge in [0.15, 0.2) is 0 Å². The van der Waals surface area contributed by atoms with E-state index in [1.54, 1.807) is 12.1 Å². The largest absolute Gasteiger partial charge is 0.573 e. The Morgan fingerprint density at radius 1 is 1.27 bits per heavy atom. The maximum absolute atomic E-state index is 12.1. The molecule has 5 heteroatoms. The van der Waals surface area contributed by atoms with E-state index in [2.05, 4.69) is 4.74 Å². The summed E-state index contributed by atoms with van der Waals surface area (Å²) in [6, 6.07) is 4.42. The van der Waals surface area contributed by atoms with Crippen LogP contribution in [0.25, 0.3) is 0 Å². The van der Waals surface area contributed by atoms with Crippen molar-refractivity contribution in [3.8, 4) is 5.75 Å². The zero-order valence-electron chi connectivity index (χ0n) is 7.84. The predicted molar refractivity (Wildman–Crippen MR) is 49.5 cm³/mol. The van der Waals surface area contributed by atoms with Crippen LogP contribution in [-0.4, -0.2) is 6.36 Å². The number of alkyl halides is 3. The molecular weight excluding hydrogens is 207 g/mol. The van der Waals surface area contributed by atoms with Gasteiger partial charge in [0.05, 0.1) is 0 Å². The van der Waals surface area contributed by atoms with Crippen molar-refractivity contribution in [3.63, 3.8) is 0 Å². The highest BCUT2D eigenvalue weighted by atomic mass is 19.4. The molecule has 1 aliphatic carbocycles. The van der Waals surface area contributed by atoms with Crippen LogP contribution in [0.3, 0.4) is 0 Å². The molecule has 82 valence electrons. The van der Waals surface area contributed by atoms with E-state index in [4.69, 9.17) is 5.73 Å². The standard InChI is InChI=1S/C10H10F3NO/c11-10(12,13)15-9-5-7(14)3-4-8(9)6-1-2-6/h3-6H,1-2,14H2. The Bertz CT molecular complexity index is 371. The first-order valence-electron chi connectivity index (χ1n) is 4.61. The van der Waals surface area contributed by atoms with Crippen molar-refractivity contribution in [1.29, 1.82) is 0 Å². The first-order valence-corrected chi connectivity index (χ1v) is 4.61. The quantitative estimate of drug-likeness (QED) is 0.772. The Hall–Kier alpha value is -1.39. The zero-order valence-corrected chi connectivity index (χ0v) is 7.84. The van der Waals surface area contributed by atoms with Crippen molar-refractivity contribution in [1.82, 2.24) is 0 Å². The van der Waals surface area contributed by atoms with E-state index in [0.717, 1.165) is 12.8 Å². The highest BCUT2D eigenvalue weighted by Crippen LogP contribution is 2.45. The minimum atomic E-state index is -4.66. The lowest BCUT2D eigenvalue weighted by Crippen LogP contribution is -2.18. The Morgan fingerprint density at radius 2 is 1.93 bits per heavy atom. The highest BCUT2D eigenvalue weighted by Gasteiger charge is 2.35. The normalized spacial score (nSPS) is 16.5. The smallest absolute Gasteiger partial charge is 0.405 e. The minimum Gasteiger partial charge on any atom is -0.405 e. The molecule has 0 aromatic heterocycles. The average molecular weight is 217 g/mol.